The van der Waals surface area contributed by atoms with Gasteiger partial charge in [0.25, 0.3) is 0 Å². The Kier molecular flexibility index (Phi) is 5.68. The molecule has 0 radical (unpaired) electrons. The van der Waals surface area contributed by atoms with Crippen LogP contribution in [0.5, 0.6) is 12.0 Å². The van der Waals surface area contributed by atoms with Gasteiger partial charge in [-0.1, -0.05) is 6.92 Å². The molecule has 21 heavy (non-hydrogen) atoms. The average molecular weight is 309 g/mol. The third-order valence-corrected chi connectivity index (χ3v) is 3.65. The first-order valence-electron chi connectivity index (χ1n) is 6.81. The van der Waals surface area contributed by atoms with E-state index in [9.17, 15) is 0 Å². The van der Waals surface area contributed by atoms with E-state index in [1.165, 1.54) is 4.88 Å². The van der Waals surface area contributed by atoms with Crippen LogP contribution < -0.4 is 14.8 Å². The number of aryl methyl sites for hydroxylation is 1. The zero-order valence-corrected chi connectivity index (χ0v) is 13.2. The molecule has 0 aliphatic rings. The van der Waals surface area contributed by atoms with Crippen molar-refractivity contribution in [2.24, 2.45) is 0 Å². The lowest BCUT2D eigenvalue weighted by molar-refractivity contribution is 0.264. The third kappa shape index (κ3) is 4.52. The summed E-state index contributed by atoms with van der Waals surface area (Å²) in [6.07, 6.45) is 1.67. The molecule has 0 aromatic carbocycles. The van der Waals surface area contributed by atoms with Gasteiger partial charge in [-0.3, -0.25) is 0 Å². The highest BCUT2D eigenvalue weighted by Crippen LogP contribution is 2.15. The largest absolute Gasteiger partial charge is 0.463 e. The topological polar surface area (TPSA) is 82.0 Å². The molecule has 0 saturated heterocycles. The van der Waals surface area contributed by atoms with Crippen molar-refractivity contribution >= 4 is 17.3 Å². The quantitative estimate of drug-likeness (QED) is 0.799. The van der Waals surface area contributed by atoms with Crippen molar-refractivity contribution in [2.45, 2.75) is 26.7 Å². The predicted octanol–water partition coefficient (Wildman–Crippen LogP) is 2.09. The Labute approximate surface area is 127 Å². The van der Waals surface area contributed by atoms with Gasteiger partial charge in [0.1, 0.15) is 0 Å². The van der Waals surface area contributed by atoms with Crippen LogP contribution in [-0.2, 0) is 6.42 Å². The first-order chi connectivity index (χ1) is 10.2. The van der Waals surface area contributed by atoms with Crippen molar-refractivity contribution in [2.75, 3.05) is 25.6 Å². The Balaban J connectivity index is 1.96. The summed E-state index contributed by atoms with van der Waals surface area (Å²) < 4.78 is 11.0. The fourth-order valence-corrected chi connectivity index (χ4v) is 2.34. The average Bonchev–Trinajstić information content (AvgIpc) is 2.90. The van der Waals surface area contributed by atoms with E-state index in [2.05, 4.69) is 25.3 Å². The highest BCUT2D eigenvalue weighted by atomic mass is 32.1. The standard InChI is InChI=1S/C13H19N5O2S/c1-4-6-19-12-16-11(14-3)17-13(18-12)20-7-5-10-9(2)15-8-21-10/h8H,4-7H2,1-3H3,(H,14,16,17,18). The number of nitrogens with zero attached hydrogens (tertiary/aromatic N) is 4. The van der Waals surface area contributed by atoms with Crippen LogP contribution >= 0.6 is 11.3 Å². The van der Waals surface area contributed by atoms with Crippen LogP contribution in [0, 0.1) is 6.92 Å². The molecule has 0 atom stereocenters. The number of rotatable bonds is 8. The van der Waals surface area contributed by atoms with Crippen LogP contribution in [0.1, 0.15) is 23.9 Å². The van der Waals surface area contributed by atoms with Gasteiger partial charge in [0.05, 0.1) is 24.4 Å². The highest BCUT2D eigenvalue weighted by Gasteiger charge is 2.08. The van der Waals surface area contributed by atoms with Gasteiger partial charge < -0.3 is 14.8 Å². The number of hydrogen-bond donors (Lipinski definition) is 1. The van der Waals surface area contributed by atoms with Gasteiger partial charge in [0, 0.05) is 18.3 Å². The van der Waals surface area contributed by atoms with E-state index >= 15 is 0 Å². The lowest BCUT2D eigenvalue weighted by Gasteiger charge is -2.08. The van der Waals surface area contributed by atoms with Gasteiger partial charge in [0.15, 0.2) is 0 Å². The number of anilines is 1. The van der Waals surface area contributed by atoms with Gasteiger partial charge in [-0.05, 0) is 13.3 Å². The highest BCUT2D eigenvalue weighted by molar-refractivity contribution is 7.09. The van der Waals surface area contributed by atoms with E-state index in [0.29, 0.717) is 19.2 Å². The van der Waals surface area contributed by atoms with Crippen LogP contribution in [0.4, 0.5) is 5.95 Å². The third-order valence-electron chi connectivity index (χ3n) is 2.66. The molecular formula is C13H19N5O2S. The summed E-state index contributed by atoms with van der Waals surface area (Å²) in [5.74, 6) is 0.431. The number of thiazole rings is 1. The second-order valence-electron chi connectivity index (χ2n) is 4.28. The van der Waals surface area contributed by atoms with E-state index in [0.717, 1.165) is 18.5 Å². The van der Waals surface area contributed by atoms with Crippen molar-refractivity contribution < 1.29 is 9.47 Å². The second kappa shape index (κ2) is 7.72. The van der Waals surface area contributed by atoms with Crippen LogP contribution in [0.3, 0.4) is 0 Å². The molecule has 0 saturated carbocycles. The molecule has 2 aromatic heterocycles. The van der Waals surface area contributed by atoms with Crippen molar-refractivity contribution in [1.29, 1.82) is 0 Å². The predicted molar refractivity (Wildman–Crippen MR) is 81.2 cm³/mol. The number of nitrogens with one attached hydrogen (secondary N) is 1. The molecule has 0 aliphatic heterocycles. The molecule has 8 heteroatoms. The summed E-state index contributed by atoms with van der Waals surface area (Å²) in [5, 5.41) is 2.87. The van der Waals surface area contributed by atoms with Crippen LogP contribution in [0.15, 0.2) is 5.51 Å². The number of aromatic nitrogens is 4. The smallest absolute Gasteiger partial charge is 0.324 e. The van der Waals surface area contributed by atoms with Crippen LogP contribution in [-0.4, -0.2) is 40.2 Å². The molecule has 114 valence electrons. The minimum atomic E-state index is 0.266. The molecule has 0 fully saturated rings. The molecule has 2 heterocycles. The monoisotopic (exact) mass is 309 g/mol. The summed E-state index contributed by atoms with van der Waals surface area (Å²) in [5.41, 5.74) is 2.88. The number of ether oxygens (including phenoxy) is 2. The molecule has 1 N–H and O–H groups in total. The van der Waals surface area contributed by atoms with Crippen molar-refractivity contribution in [3.05, 3.63) is 16.1 Å². The lowest BCUT2D eigenvalue weighted by Crippen LogP contribution is -2.09. The zero-order chi connectivity index (χ0) is 15.1. The molecule has 2 rings (SSSR count). The van der Waals surface area contributed by atoms with Gasteiger partial charge in [-0.2, -0.15) is 9.97 Å². The van der Waals surface area contributed by atoms with Crippen LogP contribution in [0.2, 0.25) is 0 Å². The zero-order valence-electron chi connectivity index (χ0n) is 12.4. The Morgan fingerprint density at radius 1 is 1.14 bits per heavy atom. The molecule has 0 unspecified atom stereocenters. The van der Waals surface area contributed by atoms with Gasteiger partial charge in [-0.25, -0.2) is 4.98 Å². The lowest BCUT2D eigenvalue weighted by atomic mass is 10.3. The van der Waals surface area contributed by atoms with Crippen molar-refractivity contribution in [3.8, 4) is 12.0 Å². The Bertz CT molecular complexity index is 575. The summed E-state index contributed by atoms with van der Waals surface area (Å²) >= 11 is 1.63. The van der Waals surface area contributed by atoms with Gasteiger partial charge in [-0.15, -0.1) is 16.3 Å². The van der Waals surface area contributed by atoms with Crippen molar-refractivity contribution in [1.82, 2.24) is 19.9 Å². The summed E-state index contributed by atoms with van der Waals surface area (Å²) in [6, 6.07) is 0.544. The van der Waals surface area contributed by atoms with Crippen molar-refractivity contribution in [3.63, 3.8) is 0 Å². The Hall–Kier alpha value is -1.96. The first-order valence-corrected chi connectivity index (χ1v) is 7.69. The molecule has 7 nitrogen and oxygen atoms in total. The Morgan fingerprint density at radius 2 is 1.86 bits per heavy atom. The molecule has 0 aliphatic carbocycles. The first kappa shape index (κ1) is 15.4. The molecule has 2 aromatic rings. The maximum Gasteiger partial charge on any atom is 0.324 e. The van der Waals surface area contributed by atoms with E-state index in [-0.39, 0.29) is 12.0 Å². The molecular weight excluding hydrogens is 290 g/mol. The summed E-state index contributed by atoms with van der Waals surface area (Å²) in [6.45, 7) is 5.07. The summed E-state index contributed by atoms with van der Waals surface area (Å²) in [7, 11) is 1.74. The minimum absolute atomic E-state index is 0.266. The minimum Gasteiger partial charge on any atom is -0.463 e. The maximum absolute atomic E-state index is 5.59. The van der Waals surface area contributed by atoms with E-state index in [4.69, 9.17) is 9.47 Å². The van der Waals surface area contributed by atoms with E-state index in [1.54, 1.807) is 18.4 Å². The Morgan fingerprint density at radius 3 is 2.43 bits per heavy atom. The molecule has 0 spiro atoms. The number of hydrogen-bond acceptors (Lipinski definition) is 8. The maximum atomic E-state index is 5.59. The van der Waals surface area contributed by atoms with Gasteiger partial charge in [0.2, 0.25) is 5.95 Å². The van der Waals surface area contributed by atoms with Gasteiger partial charge >= 0.3 is 12.0 Å². The van der Waals surface area contributed by atoms with E-state index in [1.807, 2.05) is 19.4 Å². The summed E-state index contributed by atoms with van der Waals surface area (Å²) in [4.78, 5) is 17.8. The fraction of sp³-hybridized carbons (Fsp3) is 0.538. The SMILES string of the molecule is CCCOc1nc(NC)nc(OCCc2scnc2C)n1. The normalized spacial score (nSPS) is 10.4. The second-order valence-corrected chi connectivity index (χ2v) is 5.22. The van der Waals surface area contributed by atoms with Crippen LogP contribution in [0.25, 0.3) is 0 Å². The van der Waals surface area contributed by atoms with E-state index < -0.39 is 0 Å². The fourth-order valence-electron chi connectivity index (χ4n) is 1.57. The molecule has 0 amide bonds. The molecule has 0 bridgehead atoms.